The smallest absolute Gasteiger partial charge is 0 e. The third kappa shape index (κ3) is 10.7. The van der Waals surface area contributed by atoms with Crippen molar-refractivity contribution in [2.75, 3.05) is 0 Å². The minimum Gasteiger partial charge on any atom is -0.153 e. The van der Waals surface area contributed by atoms with E-state index in [9.17, 15) is 0 Å². The molecule has 0 rings (SSSR count). The van der Waals surface area contributed by atoms with Crippen LogP contribution in [0.4, 0.5) is 0 Å². The van der Waals surface area contributed by atoms with Gasteiger partial charge in [-0.15, -0.1) is 0 Å². The van der Waals surface area contributed by atoms with Crippen molar-refractivity contribution in [3.63, 3.8) is 0 Å². The van der Waals surface area contributed by atoms with Gasteiger partial charge in [0.05, 0.1) is 0 Å². The van der Waals surface area contributed by atoms with E-state index >= 15 is 0 Å². The zero-order valence-electron chi connectivity index (χ0n) is 1.65. The summed E-state index contributed by atoms with van der Waals surface area (Å²) < 4.78 is 0. The molecule has 1 unspecified atom stereocenters. The third-order valence-electron chi connectivity index (χ3n) is 0. The van der Waals surface area contributed by atoms with Gasteiger partial charge in [-0.1, -0.05) is 7.43 Å². The van der Waals surface area contributed by atoms with Crippen molar-refractivity contribution in [2.24, 2.45) is 0 Å². The maximum absolute atomic E-state index is 0. The second-order valence-corrected chi connectivity index (χ2v) is 0. The molecule has 0 aliphatic rings. The summed E-state index contributed by atoms with van der Waals surface area (Å²) in [4.78, 5) is 0. The van der Waals surface area contributed by atoms with Gasteiger partial charge in [0.15, 0.2) is 0 Å². The van der Waals surface area contributed by atoms with Crippen LogP contribution in [0.3, 0.4) is 0 Å². The van der Waals surface area contributed by atoms with Crippen LogP contribution >= 0.6 is 9.90 Å². The van der Waals surface area contributed by atoms with Crippen molar-refractivity contribution >= 4 is 38.8 Å². The Morgan fingerprint density at radius 1 is 1.00 bits per heavy atom. The van der Waals surface area contributed by atoms with E-state index in [1.807, 2.05) is 0 Å². The van der Waals surface area contributed by atoms with E-state index in [0.717, 1.165) is 0 Å². The number of hydrogen-bond donors (Lipinski definition) is 0. The minimum absolute atomic E-state index is 0. The SMILES string of the molecule is C.P.[As].[Si]. The third-order valence-corrected chi connectivity index (χ3v) is 0. The first-order chi connectivity index (χ1) is 0. The number of hydrogen-bond acceptors (Lipinski definition) is 0. The molecule has 25 valence electrons. The molecule has 1 atom stereocenters. The summed E-state index contributed by atoms with van der Waals surface area (Å²) in [6.07, 6.45) is 0. The molecule has 0 fully saturated rings. The van der Waals surface area contributed by atoms with Crippen molar-refractivity contribution in [3.05, 3.63) is 0 Å². The maximum Gasteiger partial charge on any atom is 0 e. The Bertz CT molecular complexity index is 8.00. The van der Waals surface area contributed by atoms with E-state index < -0.39 is 0 Å². The number of rotatable bonds is 0. The second-order valence-electron chi connectivity index (χ2n) is 0. The molecule has 0 spiro atoms. The van der Waals surface area contributed by atoms with Gasteiger partial charge < -0.3 is 0 Å². The Hall–Kier alpha value is 1.21. The van der Waals surface area contributed by atoms with Gasteiger partial charge in [-0.3, -0.25) is 0 Å². The van der Waals surface area contributed by atoms with Gasteiger partial charge in [-0.25, -0.2) is 0 Å². The molecule has 0 nitrogen and oxygen atoms in total. The van der Waals surface area contributed by atoms with Gasteiger partial charge in [-0.2, -0.15) is 9.90 Å². The molecule has 0 saturated carbocycles. The van der Waals surface area contributed by atoms with Gasteiger partial charge >= 0.3 is 0 Å². The zero-order valence-corrected chi connectivity index (χ0v) is 5.95. The van der Waals surface area contributed by atoms with Gasteiger partial charge in [0.25, 0.3) is 0 Å². The second kappa shape index (κ2) is 29.7. The van der Waals surface area contributed by atoms with E-state index in [-0.39, 0.29) is 46.2 Å². The van der Waals surface area contributed by atoms with E-state index in [2.05, 4.69) is 0 Å². The quantitative estimate of drug-likeness (QED) is 0.337. The molecule has 0 saturated heterocycles. The fraction of sp³-hybridized carbons (Fsp3) is 1.00. The van der Waals surface area contributed by atoms with Crippen LogP contribution in [-0.2, 0) is 0 Å². The molecule has 0 aliphatic heterocycles. The summed E-state index contributed by atoms with van der Waals surface area (Å²) in [7, 11) is 0. The van der Waals surface area contributed by atoms with Crippen molar-refractivity contribution in [1.82, 2.24) is 0 Å². The molecule has 0 aliphatic carbocycles. The van der Waals surface area contributed by atoms with Crippen molar-refractivity contribution < 1.29 is 0 Å². The standard InChI is InChI=1S/CH4.As.H3P.Si/h1H4;;1H3;. The van der Waals surface area contributed by atoms with Crippen LogP contribution in [0.1, 0.15) is 7.43 Å². The molecule has 0 heterocycles. The fourth-order valence-corrected chi connectivity index (χ4v) is 0. The summed E-state index contributed by atoms with van der Waals surface area (Å²) in [5.41, 5.74) is 0. The van der Waals surface area contributed by atoms with Crippen LogP contribution in [0.5, 0.6) is 0 Å². The Labute approximate surface area is 46.7 Å². The first-order valence-electron chi connectivity index (χ1n) is 0. The van der Waals surface area contributed by atoms with E-state index in [1.165, 1.54) is 0 Å². The molecular formula is CH7AsPSi. The molecule has 3 heteroatoms. The molecular weight excluding hydrogens is 146 g/mol. The molecule has 7 radical (unpaired) electrons. The predicted molar refractivity (Wildman–Crippen MR) is 29.3 cm³/mol. The minimum atomic E-state index is 0. The van der Waals surface area contributed by atoms with Gasteiger partial charge in [0.1, 0.15) is 0 Å². The average Bonchev–Trinajstić information content (AvgIpc) is 0. The van der Waals surface area contributed by atoms with Crippen LogP contribution in [-0.4, -0.2) is 28.9 Å². The summed E-state index contributed by atoms with van der Waals surface area (Å²) >= 11 is 0. The molecule has 0 aromatic rings. The normalized spacial score (nSPS) is 0. The van der Waals surface area contributed by atoms with E-state index in [4.69, 9.17) is 0 Å². The summed E-state index contributed by atoms with van der Waals surface area (Å²) in [6.45, 7) is 0. The van der Waals surface area contributed by atoms with Gasteiger partial charge in [0.2, 0.25) is 0 Å². The Kier molecular flexibility index (Phi) is 471. The van der Waals surface area contributed by atoms with Crippen molar-refractivity contribution in [3.8, 4) is 0 Å². The van der Waals surface area contributed by atoms with Crippen molar-refractivity contribution in [1.29, 1.82) is 0 Å². The van der Waals surface area contributed by atoms with Crippen LogP contribution < -0.4 is 0 Å². The van der Waals surface area contributed by atoms with Crippen LogP contribution in [0.15, 0.2) is 0 Å². The fourth-order valence-electron chi connectivity index (χ4n) is 0. The van der Waals surface area contributed by atoms with E-state index in [1.54, 1.807) is 0 Å². The summed E-state index contributed by atoms with van der Waals surface area (Å²) in [6, 6.07) is 0. The molecule has 0 amide bonds. The summed E-state index contributed by atoms with van der Waals surface area (Å²) in [5, 5.41) is 0. The zero-order chi connectivity index (χ0) is 0. The van der Waals surface area contributed by atoms with Gasteiger partial charge in [0, 0.05) is 28.9 Å². The molecule has 4 heavy (non-hydrogen) atoms. The Morgan fingerprint density at radius 3 is 1.00 bits per heavy atom. The predicted octanol–water partition coefficient (Wildman–Crippen LogP) is -0.0674. The topological polar surface area (TPSA) is 0 Å². The van der Waals surface area contributed by atoms with Crippen LogP contribution in [0.2, 0.25) is 0 Å². The van der Waals surface area contributed by atoms with Crippen molar-refractivity contribution in [2.45, 2.75) is 7.43 Å². The maximum atomic E-state index is 0. The summed E-state index contributed by atoms with van der Waals surface area (Å²) in [5.74, 6) is 0. The monoisotopic (exact) mass is 153 g/mol. The first kappa shape index (κ1) is 63.4. The Balaban J connectivity index is 0. The average molecular weight is 153 g/mol. The molecule has 0 aromatic heterocycles. The van der Waals surface area contributed by atoms with E-state index in [0.29, 0.717) is 0 Å². The van der Waals surface area contributed by atoms with Crippen LogP contribution in [0, 0.1) is 0 Å². The molecule has 0 bridgehead atoms. The molecule has 0 N–H and O–H groups in total. The van der Waals surface area contributed by atoms with Gasteiger partial charge in [-0.05, 0) is 0 Å². The Morgan fingerprint density at radius 2 is 1.00 bits per heavy atom. The largest absolute Gasteiger partial charge is 0.153 e. The first-order valence-corrected chi connectivity index (χ1v) is 0. The molecule has 0 aromatic carbocycles. The van der Waals surface area contributed by atoms with Crippen LogP contribution in [0.25, 0.3) is 0 Å².